The van der Waals surface area contributed by atoms with E-state index in [2.05, 4.69) is 10.3 Å². The van der Waals surface area contributed by atoms with Crippen LogP contribution < -0.4 is 15.4 Å². The molecule has 0 unspecified atom stereocenters. The van der Waals surface area contributed by atoms with Crippen molar-refractivity contribution in [3.8, 4) is 11.1 Å². The fourth-order valence-corrected chi connectivity index (χ4v) is 6.32. The average Bonchev–Trinajstić information content (AvgIpc) is 3.29. The number of pyridine rings is 1. The number of rotatable bonds is 6. The Bertz CT molecular complexity index is 1600. The van der Waals surface area contributed by atoms with Gasteiger partial charge in [-0.1, -0.05) is 41.9 Å². The van der Waals surface area contributed by atoms with Gasteiger partial charge < -0.3 is 11.1 Å². The molecule has 1 amide bonds. The highest BCUT2D eigenvalue weighted by molar-refractivity contribution is 7.93. The number of amides is 1. The van der Waals surface area contributed by atoms with E-state index in [1.54, 1.807) is 36.5 Å². The second-order valence-electron chi connectivity index (χ2n) is 8.59. The van der Waals surface area contributed by atoms with Crippen molar-refractivity contribution < 1.29 is 17.6 Å². The van der Waals surface area contributed by atoms with Crippen LogP contribution in [0.15, 0.2) is 90.1 Å². The Hall–Kier alpha value is -3.95. The molecule has 0 radical (unpaired) electrons. The van der Waals surface area contributed by atoms with Gasteiger partial charge in [0.15, 0.2) is 0 Å². The molecular weight excluding hydrogens is 515 g/mol. The number of hydrogen-bond donors (Lipinski definition) is 2. The fourth-order valence-electron chi connectivity index (χ4n) is 4.39. The topological polar surface area (TPSA) is 105 Å². The van der Waals surface area contributed by atoms with Crippen LogP contribution in [-0.2, 0) is 27.8 Å². The van der Waals surface area contributed by atoms with E-state index >= 15 is 0 Å². The maximum atomic E-state index is 13.8. The number of sulfonamides is 1. The third-order valence-corrected chi connectivity index (χ3v) is 8.43. The number of halogens is 2. The number of nitrogens with two attached hydrogens (primary N) is 1. The van der Waals surface area contributed by atoms with Gasteiger partial charge in [0.1, 0.15) is 11.9 Å². The van der Waals surface area contributed by atoms with Crippen molar-refractivity contribution in [3.05, 3.63) is 107 Å². The van der Waals surface area contributed by atoms with Gasteiger partial charge in [0, 0.05) is 24.7 Å². The van der Waals surface area contributed by atoms with E-state index in [0.717, 1.165) is 5.56 Å². The number of para-hydroxylation sites is 1. The number of aromatic nitrogens is 1. The van der Waals surface area contributed by atoms with E-state index in [1.165, 1.54) is 40.8 Å². The van der Waals surface area contributed by atoms with Gasteiger partial charge >= 0.3 is 0 Å². The number of carbonyl (C=O) groups excluding carboxylic acids is 1. The van der Waals surface area contributed by atoms with E-state index in [4.69, 9.17) is 17.3 Å². The number of fused-ring (bicyclic) bond motifs is 1. The molecule has 1 atom stereocenters. The standard InChI is InChI=1S/C27H22ClFN4O3S/c28-23-14-20(29)7-10-22(23)17-5-8-21(9-6-17)37(35,36)33-25-4-2-1-3-18(25)13-26(33)27(34)32-15-19-11-12-31-16-24(19)30/h1-12,14,16,26H,13,15,30H2,(H,32,34)/t26-/m0/s1. The van der Waals surface area contributed by atoms with Gasteiger partial charge in [0.2, 0.25) is 5.91 Å². The summed E-state index contributed by atoms with van der Waals surface area (Å²) in [6.07, 6.45) is 3.30. The molecule has 0 spiro atoms. The predicted molar refractivity (Wildman–Crippen MR) is 141 cm³/mol. The van der Waals surface area contributed by atoms with E-state index in [-0.39, 0.29) is 22.9 Å². The van der Waals surface area contributed by atoms with Crippen molar-refractivity contribution in [2.45, 2.75) is 23.9 Å². The van der Waals surface area contributed by atoms with Gasteiger partial charge in [-0.15, -0.1) is 0 Å². The van der Waals surface area contributed by atoms with Crippen LogP contribution in [0.25, 0.3) is 11.1 Å². The van der Waals surface area contributed by atoms with Crippen LogP contribution >= 0.6 is 11.6 Å². The lowest BCUT2D eigenvalue weighted by molar-refractivity contribution is -0.122. The molecule has 7 nitrogen and oxygen atoms in total. The number of nitrogens with zero attached hydrogens (tertiary/aromatic N) is 2. The third kappa shape index (κ3) is 4.75. The molecule has 3 N–H and O–H groups in total. The van der Waals surface area contributed by atoms with Gasteiger partial charge in [-0.2, -0.15) is 0 Å². The molecule has 0 saturated heterocycles. The molecule has 1 aliphatic rings. The van der Waals surface area contributed by atoms with Crippen LogP contribution in [0.3, 0.4) is 0 Å². The molecule has 0 aliphatic carbocycles. The molecule has 37 heavy (non-hydrogen) atoms. The lowest BCUT2D eigenvalue weighted by Crippen LogP contribution is -2.47. The monoisotopic (exact) mass is 536 g/mol. The van der Waals surface area contributed by atoms with Crippen LogP contribution in [0.2, 0.25) is 5.02 Å². The van der Waals surface area contributed by atoms with Crippen molar-refractivity contribution in [1.29, 1.82) is 0 Å². The SMILES string of the molecule is Nc1cnccc1CNC(=O)[C@@H]1Cc2ccccc2N1S(=O)(=O)c1ccc(-c2ccc(F)cc2Cl)cc1. The molecule has 1 aromatic heterocycles. The normalized spacial score (nSPS) is 14.9. The minimum Gasteiger partial charge on any atom is -0.397 e. The molecule has 188 valence electrons. The summed E-state index contributed by atoms with van der Waals surface area (Å²) in [7, 11) is -4.11. The molecular formula is C27H22ClFN4O3S. The molecule has 5 rings (SSSR count). The molecule has 0 saturated carbocycles. The summed E-state index contributed by atoms with van der Waals surface area (Å²) < 4.78 is 42.3. The Morgan fingerprint density at radius 2 is 1.86 bits per heavy atom. The van der Waals surface area contributed by atoms with Crippen LogP contribution in [0, 0.1) is 5.82 Å². The Morgan fingerprint density at radius 3 is 2.59 bits per heavy atom. The largest absolute Gasteiger partial charge is 0.397 e. The number of nitrogens with one attached hydrogen (secondary N) is 1. The zero-order valence-electron chi connectivity index (χ0n) is 19.4. The summed E-state index contributed by atoms with van der Waals surface area (Å²) in [5.41, 5.74) is 9.46. The number of hydrogen-bond acceptors (Lipinski definition) is 5. The van der Waals surface area contributed by atoms with E-state index in [9.17, 15) is 17.6 Å². The third-order valence-electron chi connectivity index (χ3n) is 6.28. The number of benzene rings is 3. The highest BCUT2D eigenvalue weighted by Gasteiger charge is 2.42. The maximum Gasteiger partial charge on any atom is 0.265 e. The van der Waals surface area contributed by atoms with E-state index < -0.39 is 27.8 Å². The first-order valence-electron chi connectivity index (χ1n) is 11.4. The molecule has 0 bridgehead atoms. The first kappa shape index (κ1) is 24.7. The summed E-state index contributed by atoms with van der Waals surface area (Å²) in [6.45, 7) is 0.140. The number of carbonyl (C=O) groups is 1. The molecule has 3 aromatic carbocycles. The van der Waals surface area contributed by atoms with Crippen LogP contribution in [0.1, 0.15) is 11.1 Å². The predicted octanol–water partition coefficient (Wildman–Crippen LogP) is 4.56. The van der Waals surface area contributed by atoms with Gasteiger partial charge in [-0.25, -0.2) is 12.8 Å². The molecule has 4 aromatic rings. The van der Waals surface area contributed by atoms with Crippen molar-refractivity contribution in [2.24, 2.45) is 0 Å². The zero-order chi connectivity index (χ0) is 26.2. The number of anilines is 2. The maximum absolute atomic E-state index is 13.8. The van der Waals surface area contributed by atoms with Crippen molar-refractivity contribution in [2.75, 3.05) is 10.0 Å². The Kier molecular flexibility index (Phi) is 6.57. The quantitative estimate of drug-likeness (QED) is 0.376. The average molecular weight is 537 g/mol. The van der Waals surface area contributed by atoms with Crippen LogP contribution in [0.4, 0.5) is 15.8 Å². The Labute approximate surface area is 218 Å². The number of nitrogen functional groups attached to an aromatic ring is 1. The molecule has 1 aliphatic heterocycles. The Balaban J connectivity index is 1.45. The summed E-state index contributed by atoms with van der Waals surface area (Å²) in [4.78, 5) is 17.2. The molecule has 2 heterocycles. The summed E-state index contributed by atoms with van der Waals surface area (Å²) in [6, 6.07) is 17.9. The first-order valence-corrected chi connectivity index (χ1v) is 13.2. The summed E-state index contributed by atoms with van der Waals surface area (Å²) >= 11 is 6.17. The zero-order valence-corrected chi connectivity index (χ0v) is 21.0. The van der Waals surface area contributed by atoms with Crippen molar-refractivity contribution in [3.63, 3.8) is 0 Å². The van der Waals surface area contributed by atoms with Gasteiger partial charge in [0.25, 0.3) is 10.0 Å². The smallest absolute Gasteiger partial charge is 0.265 e. The summed E-state index contributed by atoms with van der Waals surface area (Å²) in [5.74, 6) is -0.901. The summed E-state index contributed by atoms with van der Waals surface area (Å²) in [5, 5.41) is 3.03. The lowest BCUT2D eigenvalue weighted by atomic mass is 10.1. The van der Waals surface area contributed by atoms with Gasteiger partial charge in [0.05, 0.1) is 27.5 Å². The van der Waals surface area contributed by atoms with Gasteiger partial charge in [-0.3, -0.25) is 14.1 Å². The van der Waals surface area contributed by atoms with Crippen LogP contribution in [0.5, 0.6) is 0 Å². The molecule has 10 heteroatoms. The van der Waals surface area contributed by atoms with E-state index in [0.29, 0.717) is 28.1 Å². The van der Waals surface area contributed by atoms with Crippen molar-refractivity contribution in [1.82, 2.24) is 10.3 Å². The van der Waals surface area contributed by atoms with E-state index in [1.807, 2.05) is 12.1 Å². The highest BCUT2D eigenvalue weighted by atomic mass is 35.5. The minimum absolute atomic E-state index is 0.0161. The second kappa shape index (κ2) is 9.84. The fraction of sp³-hybridized carbons (Fsp3) is 0.111. The molecule has 0 fully saturated rings. The van der Waals surface area contributed by atoms with Gasteiger partial charge in [-0.05, 0) is 59.2 Å². The highest BCUT2D eigenvalue weighted by Crippen LogP contribution is 2.37. The van der Waals surface area contributed by atoms with Crippen LogP contribution in [-0.4, -0.2) is 25.4 Å². The second-order valence-corrected chi connectivity index (χ2v) is 10.8. The van der Waals surface area contributed by atoms with Crippen molar-refractivity contribution >= 4 is 38.9 Å². The lowest BCUT2D eigenvalue weighted by Gasteiger charge is -2.26. The first-order chi connectivity index (χ1) is 17.8. The minimum atomic E-state index is -4.11. The Morgan fingerprint density at radius 1 is 1.11 bits per heavy atom.